The molecule has 0 aromatic rings. The second-order valence-corrected chi connectivity index (χ2v) is 4.93. The number of rotatable bonds is 1. The van der Waals surface area contributed by atoms with Crippen LogP contribution in [0.3, 0.4) is 0 Å². The summed E-state index contributed by atoms with van der Waals surface area (Å²) in [5, 5.41) is 19.1. The van der Waals surface area contributed by atoms with Crippen molar-refractivity contribution >= 4 is 0 Å². The Labute approximate surface area is 85.3 Å². The smallest absolute Gasteiger partial charge is 0.0952 e. The van der Waals surface area contributed by atoms with Gasteiger partial charge < -0.3 is 15.9 Å². The van der Waals surface area contributed by atoms with Crippen LogP contribution < -0.4 is 5.73 Å². The monoisotopic (exact) mass is 199 g/mol. The van der Waals surface area contributed by atoms with Crippen molar-refractivity contribution in [2.75, 3.05) is 0 Å². The minimum absolute atomic E-state index is 0.201. The highest BCUT2D eigenvalue weighted by atomic mass is 16.3. The molecular formula is C11H21NO2. The van der Waals surface area contributed by atoms with Gasteiger partial charge in [0.05, 0.1) is 12.2 Å². The second kappa shape index (κ2) is 4.17. The first-order chi connectivity index (χ1) is 6.70. The van der Waals surface area contributed by atoms with Gasteiger partial charge in [-0.05, 0) is 18.3 Å². The zero-order valence-corrected chi connectivity index (χ0v) is 8.60. The molecule has 2 aliphatic carbocycles. The average molecular weight is 199 g/mol. The van der Waals surface area contributed by atoms with Gasteiger partial charge in [0.25, 0.3) is 0 Å². The zero-order valence-electron chi connectivity index (χ0n) is 8.60. The molecule has 4 unspecified atom stereocenters. The molecule has 2 aliphatic rings. The fourth-order valence-electron chi connectivity index (χ4n) is 3.15. The van der Waals surface area contributed by atoms with Crippen LogP contribution in [0.4, 0.5) is 0 Å². The molecule has 0 bridgehead atoms. The van der Waals surface area contributed by atoms with E-state index in [0.29, 0.717) is 18.3 Å². The van der Waals surface area contributed by atoms with Gasteiger partial charge in [0.1, 0.15) is 0 Å². The molecule has 4 N–H and O–H groups in total. The van der Waals surface area contributed by atoms with Crippen LogP contribution in [0.25, 0.3) is 0 Å². The van der Waals surface area contributed by atoms with Crippen molar-refractivity contribution in [2.45, 2.75) is 56.8 Å². The van der Waals surface area contributed by atoms with Gasteiger partial charge in [0.15, 0.2) is 0 Å². The third-order valence-electron chi connectivity index (χ3n) is 4.05. The van der Waals surface area contributed by atoms with E-state index in [-0.39, 0.29) is 6.04 Å². The number of hydrogen-bond donors (Lipinski definition) is 3. The summed E-state index contributed by atoms with van der Waals surface area (Å²) < 4.78 is 0. The van der Waals surface area contributed by atoms with Gasteiger partial charge in [0.2, 0.25) is 0 Å². The van der Waals surface area contributed by atoms with Gasteiger partial charge in [-0.25, -0.2) is 0 Å². The Balaban J connectivity index is 1.97. The SMILES string of the molecule is NC1C(O)C(O)CC1C1CCCCC1. The van der Waals surface area contributed by atoms with Crippen LogP contribution in [0, 0.1) is 11.8 Å². The lowest BCUT2D eigenvalue weighted by Gasteiger charge is -2.30. The van der Waals surface area contributed by atoms with Gasteiger partial charge in [-0.2, -0.15) is 0 Å². The molecule has 2 saturated carbocycles. The molecule has 0 spiro atoms. The summed E-state index contributed by atoms with van der Waals surface area (Å²) >= 11 is 0. The molecule has 0 aliphatic heterocycles. The highest BCUT2D eigenvalue weighted by molar-refractivity contribution is 4.97. The van der Waals surface area contributed by atoms with Crippen molar-refractivity contribution in [3.8, 4) is 0 Å². The third kappa shape index (κ3) is 1.81. The molecular weight excluding hydrogens is 178 g/mol. The van der Waals surface area contributed by atoms with Crippen molar-refractivity contribution in [3.63, 3.8) is 0 Å². The topological polar surface area (TPSA) is 66.5 Å². The minimum Gasteiger partial charge on any atom is -0.390 e. The van der Waals surface area contributed by atoms with E-state index in [0.717, 1.165) is 0 Å². The minimum atomic E-state index is -0.693. The third-order valence-corrected chi connectivity index (χ3v) is 4.05. The van der Waals surface area contributed by atoms with E-state index in [1.165, 1.54) is 32.1 Å². The fourth-order valence-corrected chi connectivity index (χ4v) is 3.15. The first-order valence-electron chi connectivity index (χ1n) is 5.82. The Hall–Kier alpha value is -0.120. The fraction of sp³-hybridized carbons (Fsp3) is 1.00. The Bertz CT molecular complexity index is 192. The molecule has 0 radical (unpaired) electrons. The van der Waals surface area contributed by atoms with Crippen LogP contribution in [-0.4, -0.2) is 28.5 Å². The van der Waals surface area contributed by atoms with Crippen molar-refractivity contribution < 1.29 is 10.2 Å². The Morgan fingerprint density at radius 3 is 2.14 bits per heavy atom. The lowest BCUT2D eigenvalue weighted by atomic mass is 9.78. The van der Waals surface area contributed by atoms with Gasteiger partial charge in [-0.3, -0.25) is 0 Å². The molecule has 0 saturated heterocycles. The molecule has 3 heteroatoms. The van der Waals surface area contributed by atoms with E-state index >= 15 is 0 Å². The van der Waals surface area contributed by atoms with Crippen LogP contribution in [0.15, 0.2) is 0 Å². The van der Waals surface area contributed by atoms with Crippen molar-refractivity contribution in [1.82, 2.24) is 0 Å². The molecule has 0 aromatic carbocycles. The van der Waals surface area contributed by atoms with Gasteiger partial charge in [0, 0.05) is 6.04 Å². The highest BCUT2D eigenvalue weighted by Gasteiger charge is 2.42. The maximum Gasteiger partial charge on any atom is 0.0952 e. The Morgan fingerprint density at radius 1 is 1.00 bits per heavy atom. The summed E-state index contributed by atoms with van der Waals surface area (Å²) in [5.74, 6) is 0.992. The van der Waals surface area contributed by atoms with Crippen LogP contribution in [0.1, 0.15) is 38.5 Å². The number of nitrogens with two attached hydrogens (primary N) is 1. The summed E-state index contributed by atoms with van der Waals surface area (Å²) in [6.45, 7) is 0. The van der Waals surface area contributed by atoms with Gasteiger partial charge in [-0.1, -0.05) is 32.1 Å². The Morgan fingerprint density at radius 2 is 1.64 bits per heavy atom. The van der Waals surface area contributed by atoms with Gasteiger partial charge in [-0.15, -0.1) is 0 Å². The number of hydrogen-bond acceptors (Lipinski definition) is 3. The standard InChI is InChI=1S/C11H21NO2/c12-10-8(6-9(13)11(10)14)7-4-2-1-3-5-7/h7-11,13-14H,1-6,12H2. The molecule has 14 heavy (non-hydrogen) atoms. The predicted octanol–water partition coefficient (Wildman–Crippen LogP) is 0.636. The molecule has 0 amide bonds. The van der Waals surface area contributed by atoms with Crippen molar-refractivity contribution in [3.05, 3.63) is 0 Å². The van der Waals surface area contributed by atoms with Crippen LogP contribution in [-0.2, 0) is 0 Å². The van der Waals surface area contributed by atoms with E-state index in [9.17, 15) is 10.2 Å². The summed E-state index contributed by atoms with van der Waals surface area (Å²) in [6.07, 6.45) is 5.81. The molecule has 3 nitrogen and oxygen atoms in total. The molecule has 2 rings (SSSR count). The molecule has 0 heterocycles. The van der Waals surface area contributed by atoms with E-state index in [1.54, 1.807) is 0 Å². The maximum atomic E-state index is 9.59. The molecule has 0 aromatic heterocycles. The zero-order chi connectivity index (χ0) is 10.1. The first-order valence-corrected chi connectivity index (χ1v) is 5.82. The normalized spacial score (nSPS) is 45.6. The summed E-state index contributed by atoms with van der Waals surface area (Å²) in [7, 11) is 0. The second-order valence-electron chi connectivity index (χ2n) is 4.93. The van der Waals surface area contributed by atoms with E-state index in [4.69, 9.17) is 5.73 Å². The summed E-state index contributed by atoms with van der Waals surface area (Å²) in [4.78, 5) is 0. The Kier molecular flexibility index (Phi) is 3.10. The van der Waals surface area contributed by atoms with Crippen LogP contribution >= 0.6 is 0 Å². The lowest BCUT2D eigenvalue weighted by Crippen LogP contribution is -2.40. The maximum absolute atomic E-state index is 9.59. The van der Waals surface area contributed by atoms with Crippen molar-refractivity contribution in [2.24, 2.45) is 17.6 Å². The first kappa shape index (κ1) is 10.4. The molecule has 2 fully saturated rings. The lowest BCUT2D eigenvalue weighted by molar-refractivity contribution is 0.0360. The van der Waals surface area contributed by atoms with E-state index < -0.39 is 12.2 Å². The summed E-state index contributed by atoms with van der Waals surface area (Å²) in [5.41, 5.74) is 5.93. The predicted molar refractivity (Wildman–Crippen MR) is 54.7 cm³/mol. The molecule has 82 valence electrons. The number of aliphatic hydroxyl groups excluding tert-OH is 2. The average Bonchev–Trinajstić information content (AvgIpc) is 2.47. The van der Waals surface area contributed by atoms with E-state index in [1.807, 2.05) is 0 Å². The molecule has 4 atom stereocenters. The summed E-state index contributed by atoms with van der Waals surface area (Å²) in [6, 6.07) is -0.201. The highest BCUT2D eigenvalue weighted by Crippen LogP contribution is 2.38. The van der Waals surface area contributed by atoms with Gasteiger partial charge >= 0.3 is 0 Å². The van der Waals surface area contributed by atoms with E-state index in [2.05, 4.69) is 0 Å². The van der Waals surface area contributed by atoms with Crippen LogP contribution in [0.5, 0.6) is 0 Å². The van der Waals surface area contributed by atoms with Crippen LogP contribution in [0.2, 0.25) is 0 Å². The van der Waals surface area contributed by atoms with Crippen molar-refractivity contribution in [1.29, 1.82) is 0 Å². The largest absolute Gasteiger partial charge is 0.390 e. The quantitative estimate of drug-likeness (QED) is 0.580. The number of aliphatic hydroxyl groups is 2.